The number of rotatable bonds is 8. The minimum absolute atomic E-state index is 0.202. The molecule has 1 aliphatic heterocycles. The van der Waals surface area contributed by atoms with Gasteiger partial charge in [0.05, 0.1) is 27.4 Å². The number of hydrogen-bond donors (Lipinski definition) is 1. The van der Waals surface area contributed by atoms with E-state index in [-0.39, 0.29) is 6.10 Å². The minimum atomic E-state index is 0.202. The largest absolute Gasteiger partial charge is 0.496 e. The van der Waals surface area contributed by atoms with Gasteiger partial charge in [0, 0.05) is 26.3 Å². The number of benzene rings is 1. The van der Waals surface area contributed by atoms with Crippen LogP contribution in [0.25, 0.3) is 11.1 Å². The second-order valence-electron chi connectivity index (χ2n) is 6.68. The summed E-state index contributed by atoms with van der Waals surface area (Å²) >= 11 is 1.31. The van der Waals surface area contributed by atoms with E-state index in [0.29, 0.717) is 34.2 Å². The first-order valence-electron chi connectivity index (χ1n) is 9.44. The highest BCUT2D eigenvalue weighted by atomic mass is 32.2. The lowest BCUT2D eigenvalue weighted by Gasteiger charge is -2.17. The summed E-state index contributed by atoms with van der Waals surface area (Å²) < 4.78 is 30.7. The van der Waals surface area contributed by atoms with E-state index in [4.69, 9.17) is 23.5 Å². The molecule has 0 saturated carbocycles. The molecule has 160 valence electrons. The molecule has 10 heteroatoms. The highest BCUT2D eigenvalue weighted by molar-refractivity contribution is 8.00. The minimum Gasteiger partial charge on any atom is -0.496 e. The van der Waals surface area contributed by atoms with Crippen molar-refractivity contribution < 1.29 is 23.5 Å². The maximum absolute atomic E-state index is 5.63. The van der Waals surface area contributed by atoms with Crippen molar-refractivity contribution in [3.05, 3.63) is 24.3 Å². The molecule has 1 saturated heterocycles. The lowest BCUT2D eigenvalue weighted by atomic mass is 10.3. The third-order valence-corrected chi connectivity index (χ3v) is 5.95. The van der Waals surface area contributed by atoms with Crippen LogP contribution in [0.1, 0.15) is 6.42 Å². The lowest BCUT2D eigenvalue weighted by Crippen LogP contribution is -2.23. The van der Waals surface area contributed by atoms with E-state index in [1.807, 2.05) is 24.3 Å². The number of methoxy groups -OCH3 is 4. The van der Waals surface area contributed by atoms with E-state index < -0.39 is 0 Å². The summed E-state index contributed by atoms with van der Waals surface area (Å²) in [4.78, 5) is 7.59. The van der Waals surface area contributed by atoms with Gasteiger partial charge in [0.25, 0.3) is 5.71 Å². The summed E-state index contributed by atoms with van der Waals surface area (Å²) in [6.45, 7) is 1.64. The van der Waals surface area contributed by atoms with E-state index in [2.05, 4.69) is 19.8 Å². The Kier molecular flexibility index (Phi) is 6.05. The number of pyridine rings is 1. The van der Waals surface area contributed by atoms with Crippen molar-refractivity contribution in [2.24, 2.45) is 0 Å². The van der Waals surface area contributed by atoms with Gasteiger partial charge in [-0.15, -0.1) is 0 Å². The Hall–Kier alpha value is -2.85. The molecule has 30 heavy (non-hydrogen) atoms. The average molecular weight is 433 g/mol. The molecule has 4 rings (SSSR count). The Bertz CT molecular complexity index is 1010. The van der Waals surface area contributed by atoms with Gasteiger partial charge in [-0.2, -0.15) is 4.98 Å². The van der Waals surface area contributed by atoms with Crippen molar-refractivity contribution in [3.8, 4) is 17.2 Å². The quantitative estimate of drug-likeness (QED) is 0.532. The van der Waals surface area contributed by atoms with E-state index in [0.717, 1.165) is 30.2 Å². The molecule has 9 nitrogen and oxygen atoms in total. The molecule has 0 aliphatic carbocycles. The molecule has 0 radical (unpaired) electrons. The number of nitrogens with zero attached hydrogens (tertiary/aromatic N) is 3. The molecule has 3 aromatic rings. The van der Waals surface area contributed by atoms with Crippen molar-refractivity contribution >= 4 is 34.7 Å². The van der Waals surface area contributed by atoms with Crippen LogP contribution in [0.4, 0.5) is 11.6 Å². The van der Waals surface area contributed by atoms with Crippen molar-refractivity contribution in [3.63, 3.8) is 0 Å². The lowest BCUT2D eigenvalue weighted by molar-refractivity contribution is 0.121. The van der Waals surface area contributed by atoms with Gasteiger partial charge < -0.3 is 33.1 Å². The van der Waals surface area contributed by atoms with Crippen LogP contribution in [0.3, 0.4) is 0 Å². The van der Waals surface area contributed by atoms with Crippen molar-refractivity contribution in [2.75, 3.05) is 51.2 Å². The second kappa shape index (κ2) is 8.88. The average Bonchev–Trinajstić information content (AvgIpc) is 3.43. The SMILES string of the molecule is COc1cccc(OC)c1SNc1noc2nc(N3CCC(OC)C3)cc(OC)c12. The van der Waals surface area contributed by atoms with E-state index in [9.17, 15) is 0 Å². The molecule has 1 aromatic carbocycles. The summed E-state index contributed by atoms with van der Waals surface area (Å²) in [5.74, 6) is 3.30. The van der Waals surface area contributed by atoms with Crippen LogP contribution in [0.15, 0.2) is 33.7 Å². The Morgan fingerprint density at radius 2 is 1.83 bits per heavy atom. The van der Waals surface area contributed by atoms with Crippen molar-refractivity contribution in [2.45, 2.75) is 17.4 Å². The Balaban J connectivity index is 1.62. The van der Waals surface area contributed by atoms with Gasteiger partial charge in [0.1, 0.15) is 33.3 Å². The Labute approximate surface area is 178 Å². The van der Waals surface area contributed by atoms with Gasteiger partial charge in [0.15, 0.2) is 5.82 Å². The normalized spacial score (nSPS) is 16.1. The van der Waals surface area contributed by atoms with Gasteiger partial charge in [-0.3, -0.25) is 0 Å². The third kappa shape index (κ3) is 3.80. The van der Waals surface area contributed by atoms with Crippen molar-refractivity contribution in [1.82, 2.24) is 10.1 Å². The van der Waals surface area contributed by atoms with Crippen LogP contribution in [-0.4, -0.2) is 57.8 Å². The predicted molar refractivity (Wildman–Crippen MR) is 115 cm³/mol. The number of anilines is 2. The molecule has 0 amide bonds. The first-order valence-corrected chi connectivity index (χ1v) is 10.3. The van der Waals surface area contributed by atoms with E-state index in [1.54, 1.807) is 28.4 Å². The van der Waals surface area contributed by atoms with Crippen LogP contribution in [0, 0.1) is 0 Å². The topological polar surface area (TPSA) is 91.1 Å². The standard InChI is InChI=1S/C20H24N4O5S/c1-25-12-8-9-24(11-12)16-10-15(28-4)17-19(22-29-20(17)21-16)23-30-18-13(26-2)6-5-7-14(18)27-3/h5-7,10,12H,8-9,11H2,1-4H3,(H,22,23). The third-order valence-electron chi connectivity index (χ3n) is 5.05. The highest BCUT2D eigenvalue weighted by Crippen LogP contribution is 2.41. The summed E-state index contributed by atoms with van der Waals surface area (Å²) in [6, 6.07) is 7.50. The second-order valence-corrected chi connectivity index (χ2v) is 7.50. The predicted octanol–water partition coefficient (Wildman–Crippen LogP) is 3.59. The van der Waals surface area contributed by atoms with Crippen LogP contribution >= 0.6 is 11.9 Å². The molecule has 1 fully saturated rings. The maximum Gasteiger partial charge on any atom is 0.265 e. The van der Waals surface area contributed by atoms with Gasteiger partial charge in [-0.25, -0.2) is 0 Å². The molecule has 0 bridgehead atoms. The first-order chi connectivity index (χ1) is 14.7. The molecule has 1 unspecified atom stereocenters. The van der Waals surface area contributed by atoms with Gasteiger partial charge in [-0.05, 0) is 30.5 Å². The zero-order valence-corrected chi connectivity index (χ0v) is 18.1. The van der Waals surface area contributed by atoms with Crippen LogP contribution in [0.2, 0.25) is 0 Å². The van der Waals surface area contributed by atoms with Crippen LogP contribution in [0.5, 0.6) is 17.2 Å². The molecular formula is C20H24N4O5S. The van der Waals surface area contributed by atoms with E-state index in [1.165, 1.54) is 11.9 Å². The van der Waals surface area contributed by atoms with Gasteiger partial charge >= 0.3 is 0 Å². The van der Waals surface area contributed by atoms with Crippen molar-refractivity contribution in [1.29, 1.82) is 0 Å². The monoisotopic (exact) mass is 432 g/mol. The smallest absolute Gasteiger partial charge is 0.265 e. The van der Waals surface area contributed by atoms with Crippen LogP contribution in [-0.2, 0) is 4.74 Å². The zero-order chi connectivity index (χ0) is 21.1. The number of nitrogens with one attached hydrogen (secondary N) is 1. The molecule has 0 spiro atoms. The molecule has 1 aliphatic rings. The molecular weight excluding hydrogens is 408 g/mol. The number of aromatic nitrogens is 2. The van der Waals surface area contributed by atoms with Gasteiger partial charge in [-0.1, -0.05) is 11.2 Å². The highest BCUT2D eigenvalue weighted by Gasteiger charge is 2.26. The fourth-order valence-electron chi connectivity index (χ4n) is 3.44. The van der Waals surface area contributed by atoms with Crippen LogP contribution < -0.4 is 23.8 Å². The fourth-order valence-corrected chi connectivity index (χ4v) is 4.29. The maximum atomic E-state index is 5.63. The number of hydrogen-bond acceptors (Lipinski definition) is 10. The molecule has 3 heterocycles. The fraction of sp³-hybridized carbons (Fsp3) is 0.400. The molecule has 1 N–H and O–H groups in total. The molecule has 1 atom stereocenters. The number of fused-ring (bicyclic) bond motifs is 1. The number of ether oxygens (including phenoxy) is 4. The summed E-state index contributed by atoms with van der Waals surface area (Å²) in [7, 11) is 6.58. The summed E-state index contributed by atoms with van der Waals surface area (Å²) in [6.07, 6.45) is 1.16. The summed E-state index contributed by atoms with van der Waals surface area (Å²) in [5, 5.41) is 4.83. The first kappa shape index (κ1) is 20.4. The van der Waals surface area contributed by atoms with Gasteiger partial charge in [0.2, 0.25) is 0 Å². The zero-order valence-electron chi connectivity index (χ0n) is 17.3. The Morgan fingerprint density at radius 3 is 2.47 bits per heavy atom. The Morgan fingerprint density at radius 1 is 1.10 bits per heavy atom. The summed E-state index contributed by atoms with van der Waals surface area (Å²) in [5.41, 5.74) is 0.403. The van der Waals surface area contributed by atoms with E-state index >= 15 is 0 Å². The molecule has 2 aromatic heterocycles.